The number of hydrogen-bond acceptors (Lipinski definition) is 6. The number of anilines is 1. The molecule has 0 atom stereocenters. The van der Waals surface area contributed by atoms with Crippen molar-refractivity contribution in [1.29, 1.82) is 0 Å². The molecule has 6 nitrogen and oxygen atoms in total. The van der Waals surface area contributed by atoms with Crippen LogP contribution in [0.15, 0.2) is 66.1 Å². The second-order valence-corrected chi connectivity index (χ2v) is 8.86. The van der Waals surface area contributed by atoms with Gasteiger partial charge in [-0.05, 0) is 60.2 Å². The second-order valence-electron chi connectivity index (χ2n) is 7.86. The summed E-state index contributed by atoms with van der Waals surface area (Å²) in [4.78, 5) is 31.7. The van der Waals surface area contributed by atoms with E-state index < -0.39 is 0 Å². The van der Waals surface area contributed by atoms with Crippen molar-refractivity contribution in [3.63, 3.8) is 0 Å². The normalized spacial score (nSPS) is 18.5. The molecule has 0 aromatic heterocycles. The first-order valence-electron chi connectivity index (χ1n) is 10.7. The van der Waals surface area contributed by atoms with Gasteiger partial charge in [0.05, 0.1) is 11.6 Å². The zero-order chi connectivity index (χ0) is 22.5. The van der Waals surface area contributed by atoms with E-state index in [4.69, 9.17) is 4.74 Å². The molecular weight excluding hydrogens is 422 g/mol. The number of carbonyl (C=O) groups excluding carboxylic acids is 2. The molecule has 7 heteroatoms. The summed E-state index contributed by atoms with van der Waals surface area (Å²) in [5.74, 6) is 0.507. The van der Waals surface area contributed by atoms with Gasteiger partial charge in [-0.3, -0.25) is 19.4 Å². The topological polar surface area (TPSA) is 53.1 Å². The van der Waals surface area contributed by atoms with E-state index in [-0.39, 0.29) is 11.1 Å². The van der Waals surface area contributed by atoms with Crippen molar-refractivity contribution < 1.29 is 14.3 Å². The van der Waals surface area contributed by atoms with Crippen LogP contribution in [0.1, 0.15) is 11.1 Å². The predicted molar refractivity (Wildman–Crippen MR) is 130 cm³/mol. The van der Waals surface area contributed by atoms with Gasteiger partial charge in [0, 0.05) is 31.9 Å². The molecule has 0 radical (unpaired) electrons. The number of ether oxygens (including phenoxy) is 1. The molecule has 0 N–H and O–H groups in total. The van der Waals surface area contributed by atoms with Crippen LogP contribution in [0.5, 0.6) is 5.75 Å². The fourth-order valence-corrected chi connectivity index (χ4v) is 4.59. The fourth-order valence-electron chi connectivity index (χ4n) is 3.76. The summed E-state index contributed by atoms with van der Waals surface area (Å²) < 4.78 is 5.48. The summed E-state index contributed by atoms with van der Waals surface area (Å²) in [6, 6.07) is 15.9. The standard InChI is InChI=1S/C25H27N3O3S/c1-3-15-31-22-9-7-20(8-10-22)17-23-24(29)28(25(30)32-23)18-26-11-13-27(14-12-26)21-6-4-5-19(2)16-21/h3-10,16-17H,1,11-15,18H2,2H3/b23-17+. The van der Waals surface area contributed by atoms with Gasteiger partial charge in [-0.25, -0.2) is 0 Å². The third kappa shape index (κ3) is 5.23. The van der Waals surface area contributed by atoms with Gasteiger partial charge < -0.3 is 9.64 Å². The molecule has 2 aliphatic rings. The van der Waals surface area contributed by atoms with Gasteiger partial charge in [0.15, 0.2) is 0 Å². The minimum absolute atomic E-state index is 0.215. The molecule has 4 rings (SSSR count). The molecule has 166 valence electrons. The van der Waals surface area contributed by atoms with Gasteiger partial charge in [0.1, 0.15) is 12.4 Å². The molecule has 2 aromatic rings. The smallest absolute Gasteiger partial charge is 0.294 e. The first-order valence-corrected chi connectivity index (χ1v) is 11.5. The molecule has 2 amide bonds. The SMILES string of the molecule is C=CCOc1ccc(/C=C2/SC(=O)N(CN3CCN(c4cccc(C)c4)CC3)C2=O)cc1. The molecule has 2 fully saturated rings. The molecule has 2 heterocycles. The summed E-state index contributed by atoms with van der Waals surface area (Å²) >= 11 is 0.999. The number of thioether (sulfide) groups is 1. The lowest BCUT2D eigenvalue weighted by Crippen LogP contribution is -2.50. The number of piperazine rings is 1. The minimum Gasteiger partial charge on any atom is -0.490 e. The van der Waals surface area contributed by atoms with Crippen molar-refractivity contribution in [2.24, 2.45) is 0 Å². The Morgan fingerprint density at radius 1 is 1.06 bits per heavy atom. The number of nitrogens with zero attached hydrogens (tertiary/aromatic N) is 3. The Morgan fingerprint density at radius 3 is 2.50 bits per heavy atom. The van der Waals surface area contributed by atoms with Gasteiger partial charge in [-0.15, -0.1) is 0 Å². The van der Waals surface area contributed by atoms with Gasteiger partial charge in [0.2, 0.25) is 0 Å². The van der Waals surface area contributed by atoms with Crippen molar-refractivity contribution in [2.75, 3.05) is 44.4 Å². The Labute approximate surface area is 193 Å². The highest BCUT2D eigenvalue weighted by Crippen LogP contribution is 2.32. The van der Waals surface area contributed by atoms with E-state index in [2.05, 4.69) is 47.6 Å². The van der Waals surface area contributed by atoms with Crippen LogP contribution < -0.4 is 9.64 Å². The van der Waals surface area contributed by atoms with Gasteiger partial charge in [-0.2, -0.15) is 0 Å². The zero-order valence-corrected chi connectivity index (χ0v) is 19.0. The molecule has 0 aliphatic carbocycles. The summed E-state index contributed by atoms with van der Waals surface area (Å²) in [5, 5.41) is -0.215. The maximum atomic E-state index is 12.9. The van der Waals surface area contributed by atoms with Crippen LogP contribution in [0.25, 0.3) is 6.08 Å². The van der Waals surface area contributed by atoms with Crippen LogP contribution in [0.4, 0.5) is 10.5 Å². The van der Waals surface area contributed by atoms with Gasteiger partial charge >= 0.3 is 0 Å². The lowest BCUT2D eigenvalue weighted by atomic mass is 10.2. The first-order chi connectivity index (χ1) is 15.5. The predicted octanol–water partition coefficient (Wildman–Crippen LogP) is 4.38. The maximum absolute atomic E-state index is 12.9. The number of hydrogen-bond donors (Lipinski definition) is 0. The van der Waals surface area contributed by atoms with Crippen LogP contribution in [0.3, 0.4) is 0 Å². The highest BCUT2D eigenvalue weighted by Gasteiger charge is 2.36. The molecule has 32 heavy (non-hydrogen) atoms. The van der Waals surface area contributed by atoms with Crippen LogP contribution in [-0.4, -0.2) is 60.4 Å². The van der Waals surface area contributed by atoms with Crippen molar-refractivity contribution >= 4 is 34.7 Å². The molecule has 2 saturated heterocycles. The summed E-state index contributed by atoms with van der Waals surface area (Å²) in [6.07, 6.45) is 3.45. The largest absolute Gasteiger partial charge is 0.490 e. The minimum atomic E-state index is -0.229. The first kappa shape index (κ1) is 22.2. The van der Waals surface area contributed by atoms with Crippen LogP contribution in [-0.2, 0) is 4.79 Å². The third-order valence-electron chi connectivity index (χ3n) is 5.50. The molecule has 0 bridgehead atoms. The average molecular weight is 450 g/mol. The van der Waals surface area contributed by atoms with E-state index >= 15 is 0 Å². The highest BCUT2D eigenvalue weighted by atomic mass is 32.2. The third-order valence-corrected chi connectivity index (χ3v) is 6.41. The Morgan fingerprint density at radius 2 is 1.81 bits per heavy atom. The Bertz CT molecular complexity index is 1030. The van der Waals surface area contributed by atoms with Crippen molar-refractivity contribution in [2.45, 2.75) is 6.92 Å². The van der Waals surface area contributed by atoms with E-state index in [0.717, 1.165) is 49.3 Å². The quantitative estimate of drug-likeness (QED) is 0.462. The summed E-state index contributed by atoms with van der Waals surface area (Å²) in [6.45, 7) is 9.85. The molecule has 2 aromatic carbocycles. The number of rotatable bonds is 7. The second kappa shape index (κ2) is 10.1. The van der Waals surface area contributed by atoms with Crippen LogP contribution in [0.2, 0.25) is 0 Å². The van der Waals surface area contributed by atoms with Crippen LogP contribution in [0, 0.1) is 6.92 Å². The summed E-state index contributed by atoms with van der Waals surface area (Å²) in [5.41, 5.74) is 3.32. The Kier molecular flexibility index (Phi) is 6.97. The van der Waals surface area contributed by atoms with E-state index in [1.54, 1.807) is 12.2 Å². The fraction of sp³-hybridized carbons (Fsp3) is 0.280. The van der Waals surface area contributed by atoms with Crippen molar-refractivity contribution in [3.05, 3.63) is 77.2 Å². The van der Waals surface area contributed by atoms with Gasteiger partial charge in [-0.1, -0.05) is 36.9 Å². The highest BCUT2D eigenvalue weighted by molar-refractivity contribution is 8.18. The molecule has 2 aliphatic heterocycles. The maximum Gasteiger partial charge on any atom is 0.294 e. The van der Waals surface area contributed by atoms with Crippen molar-refractivity contribution in [3.8, 4) is 5.75 Å². The Balaban J connectivity index is 1.34. The van der Waals surface area contributed by atoms with Crippen molar-refractivity contribution in [1.82, 2.24) is 9.80 Å². The van der Waals surface area contributed by atoms with E-state index in [0.29, 0.717) is 18.2 Å². The lowest BCUT2D eigenvalue weighted by Gasteiger charge is -2.37. The number of aryl methyl sites for hydroxylation is 1. The number of amides is 2. The van der Waals surface area contributed by atoms with E-state index in [1.165, 1.54) is 16.2 Å². The number of benzene rings is 2. The van der Waals surface area contributed by atoms with Crippen LogP contribution >= 0.6 is 11.8 Å². The molecular formula is C25H27N3O3S. The molecule has 0 unspecified atom stereocenters. The van der Waals surface area contributed by atoms with E-state index in [9.17, 15) is 9.59 Å². The molecule has 0 saturated carbocycles. The molecule has 0 spiro atoms. The average Bonchev–Trinajstić information content (AvgIpc) is 3.06. The van der Waals surface area contributed by atoms with E-state index in [1.807, 2.05) is 24.3 Å². The number of imide groups is 1. The Hall–Kier alpha value is -3.03. The monoisotopic (exact) mass is 449 g/mol. The lowest BCUT2D eigenvalue weighted by molar-refractivity contribution is -0.124. The summed E-state index contributed by atoms with van der Waals surface area (Å²) in [7, 11) is 0. The number of carbonyl (C=O) groups is 2. The zero-order valence-electron chi connectivity index (χ0n) is 18.2. The van der Waals surface area contributed by atoms with Gasteiger partial charge in [0.25, 0.3) is 11.1 Å².